The van der Waals surface area contributed by atoms with Gasteiger partial charge in [0.1, 0.15) is 15.7 Å². The van der Waals surface area contributed by atoms with E-state index < -0.39 is 0 Å². The third kappa shape index (κ3) is 3.03. The second-order valence-electron chi connectivity index (χ2n) is 7.86. The molecule has 1 aromatic carbocycles. The summed E-state index contributed by atoms with van der Waals surface area (Å²) in [7, 11) is 0. The minimum absolute atomic E-state index is 0.159. The summed E-state index contributed by atoms with van der Waals surface area (Å²) in [6.45, 7) is 6.41. The first kappa shape index (κ1) is 18.1. The van der Waals surface area contributed by atoms with Crippen molar-refractivity contribution in [1.29, 1.82) is 0 Å². The van der Waals surface area contributed by atoms with E-state index in [0.717, 1.165) is 33.2 Å². The van der Waals surface area contributed by atoms with Crippen molar-refractivity contribution in [1.82, 2.24) is 9.97 Å². The topological polar surface area (TPSA) is 46.1 Å². The van der Waals surface area contributed by atoms with Crippen molar-refractivity contribution in [2.75, 3.05) is 10.7 Å². The van der Waals surface area contributed by atoms with Crippen molar-refractivity contribution >= 4 is 44.9 Å². The van der Waals surface area contributed by atoms with Crippen molar-refractivity contribution < 1.29 is 4.79 Å². The lowest BCUT2D eigenvalue weighted by Gasteiger charge is -2.22. The Morgan fingerprint density at radius 1 is 1.25 bits per heavy atom. The van der Waals surface area contributed by atoms with Crippen LogP contribution >= 0.6 is 23.1 Å². The molecular weight excluding hydrogens is 386 g/mol. The summed E-state index contributed by atoms with van der Waals surface area (Å²) in [5.74, 6) is 2.03. The number of anilines is 1. The molecule has 3 aromatic rings. The Kier molecular flexibility index (Phi) is 4.43. The average molecular weight is 410 g/mol. The van der Waals surface area contributed by atoms with Crippen molar-refractivity contribution in [3.8, 4) is 0 Å². The van der Waals surface area contributed by atoms with Gasteiger partial charge in [0.25, 0.3) is 0 Å². The SMILES string of the molecule is Cc1sc2nc(C3CC3)nc(SCC(=O)N3c4ccccc4CC3C)c2c1C. The smallest absolute Gasteiger partial charge is 0.237 e. The van der Waals surface area contributed by atoms with Crippen LogP contribution in [0.15, 0.2) is 29.3 Å². The molecule has 3 heterocycles. The lowest BCUT2D eigenvalue weighted by molar-refractivity contribution is -0.116. The van der Waals surface area contributed by atoms with Crippen molar-refractivity contribution in [2.45, 2.75) is 57.0 Å². The van der Waals surface area contributed by atoms with Gasteiger partial charge in [0.05, 0.1) is 5.75 Å². The van der Waals surface area contributed by atoms with Crippen LogP contribution in [0.3, 0.4) is 0 Å². The minimum Gasteiger partial charge on any atom is -0.308 e. The highest BCUT2D eigenvalue weighted by molar-refractivity contribution is 8.00. The molecule has 4 nitrogen and oxygen atoms in total. The maximum Gasteiger partial charge on any atom is 0.237 e. The summed E-state index contributed by atoms with van der Waals surface area (Å²) in [5, 5.41) is 2.11. The predicted molar refractivity (Wildman–Crippen MR) is 117 cm³/mol. The first-order valence-electron chi connectivity index (χ1n) is 9.83. The molecule has 0 bridgehead atoms. The summed E-state index contributed by atoms with van der Waals surface area (Å²) in [6, 6.07) is 8.45. The molecule has 1 saturated carbocycles. The second-order valence-corrected chi connectivity index (χ2v) is 10.0. The van der Waals surface area contributed by atoms with E-state index in [4.69, 9.17) is 9.97 Å². The van der Waals surface area contributed by atoms with Gasteiger partial charge in [-0.05, 0) is 57.2 Å². The quantitative estimate of drug-likeness (QED) is 0.436. The number of carbonyl (C=O) groups is 1. The molecule has 1 amide bonds. The van der Waals surface area contributed by atoms with E-state index in [9.17, 15) is 4.79 Å². The molecule has 1 aliphatic carbocycles. The van der Waals surface area contributed by atoms with Gasteiger partial charge < -0.3 is 4.90 Å². The maximum atomic E-state index is 13.1. The van der Waals surface area contributed by atoms with Crippen LogP contribution in [-0.2, 0) is 11.2 Å². The maximum absolute atomic E-state index is 13.1. The van der Waals surface area contributed by atoms with Gasteiger partial charge in [0.2, 0.25) is 5.91 Å². The summed E-state index contributed by atoms with van der Waals surface area (Å²) in [6.07, 6.45) is 3.29. The number of nitrogens with zero attached hydrogens (tertiary/aromatic N) is 3. The molecule has 1 aliphatic heterocycles. The number of amides is 1. The Morgan fingerprint density at radius 2 is 2.04 bits per heavy atom. The van der Waals surface area contributed by atoms with E-state index in [-0.39, 0.29) is 11.9 Å². The van der Waals surface area contributed by atoms with Gasteiger partial charge in [0, 0.05) is 27.9 Å². The highest BCUT2D eigenvalue weighted by Gasteiger charge is 2.31. The Balaban J connectivity index is 1.44. The number of hydrogen-bond donors (Lipinski definition) is 0. The fourth-order valence-corrected chi connectivity index (χ4v) is 6.05. The molecule has 1 atom stereocenters. The number of benzene rings is 1. The average Bonchev–Trinajstić information content (AvgIpc) is 3.41. The molecule has 0 saturated heterocycles. The van der Waals surface area contributed by atoms with Crippen LogP contribution in [0.25, 0.3) is 10.2 Å². The molecule has 0 radical (unpaired) electrons. The van der Waals surface area contributed by atoms with Gasteiger partial charge >= 0.3 is 0 Å². The molecule has 2 aromatic heterocycles. The third-order valence-electron chi connectivity index (χ3n) is 5.76. The monoisotopic (exact) mass is 409 g/mol. The van der Waals surface area contributed by atoms with Crippen LogP contribution in [0.2, 0.25) is 0 Å². The largest absolute Gasteiger partial charge is 0.308 e. The molecule has 5 rings (SSSR count). The zero-order valence-corrected chi connectivity index (χ0v) is 18.0. The lowest BCUT2D eigenvalue weighted by Crippen LogP contribution is -2.37. The van der Waals surface area contributed by atoms with E-state index in [0.29, 0.717) is 11.7 Å². The zero-order valence-electron chi connectivity index (χ0n) is 16.4. The number of para-hydroxylation sites is 1. The molecule has 1 fully saturated rings. The second kappa shape index (κ2) is 6.85. The van der Waals surface area contributed by atoms with Crippen molar-refractivity contribution in [3.05, 3.63) is 46.1 Å². The first-order chi connectivity index (χ1) is 13.5. The summed E-state index contributed by atoms with van der Waals surface area (Å²) >= 11 is 3.32. The summed E-state index contributed by atoms with van der Waals surface area (Å²) in [4.78, 5) is 27.1. The highest BCUT2D eigenvalue weighted by Crippen LogP contribution is 2.42. The highest BCUT2D eigenvalue weighted by atomic mass is 32.2. The normalized spacial score (nSPS) is 18.7. The molecule has 0 spiro atoms. The van der Waals surface area contributed by atoms with Crippen molar-refractivity contribution in [3.63, 3.8) is 0 Å². The Labute approximate surface area is 173 Å². The number of carbonyl (C=O) groups excluding carboxylic acids is 1. The van der Waals surface area contributed by atoms with Crippen LogP contribution in [0.5, 0.6) is 0 Å². The van der Waals surface area contributed by atoms with E-state index >= 15 is 0 Å². The van der Waals surface area contributed by atoms with Crippen LogP contribution in [-0.4, -0.2) is 27.7 Å². The number of fused-ring (bicyclic) bond motifs is 2. The van der Waals surface area contributed by atoms with Gasteiger partial charge in [-0.3, -0.25) is 4.79 Å². The molecular formula is C22H23N3OS2. The van der Waals surface area contributed by atoms with E-state index in [1.807, 2.05) is 17.0 Å². The first-order valence-corrected chi connectivity index (χ1v) is 11.6. The Morgan fingerprint density at radius 3 is 2.82 bits per heavy atom. The number of aryl methyl sites for hydroxylation is 2. The third-order valence-corrected chi connectivity index (χ3v) is 7.82. The predicted octanol–water partition coefficient (Wildman–Crippen LogP) is 5.26. The van der Waals surface area contributed by atoms with Gasteiger partial charge in [-0.2, -0.15) is 0 Å². The van der Waals surface area contributed by atoms with Crippen LogP contribution in [0.4, 0.5) is 5.69 Å². The fourth-order valence-electron chi connectivity index (χ4n) is 4.00. The minimum atomic E-state index is 0.159. The number of aromatic nitrogens is 2. The molecule has 2 aliphatic rings. The summed E-state index contributed by atoms with van der Waals surface area (Å²) in [5.41, 5.74) is 3.57. The molecule has 0 N–H and O–H groups in total. The lowest BCUT2D eigenvalue weighted by atomic mass is 10.1. The van der Waals surface area contributed by atoms with Crippen molar-refractivity contribution in [2.24, 2.45) is 0 Å². The standard InChI is InChI=1S/C22H23N3OS2/c1-12-10-16-6-4-5-7-17(16)25(12)18(26)11-27-21-19-13(2)14(3)28-22(19)24-20(23-21)15-8-9-15/h4-7,12,15H,8-11H2,1-3H3. The summed E-state index contributed by atoms with van der Waals surface area (Å²) < 4.78 is 0. The number of hydrogen-bond acceptors (Lipinski definition) is 5. The van der Waals surface area contributed by atoms with Crippen LogP contribution in [0.1, 0.15) is 47.5 Å². The fraction of sp³-hybridized carbons (Fsp3) is 0.409. The van der Waals surface area contributed by atoms with Gasteiger partial charge in [-0.15, -0.1) is 11.3 Å². The van der Waals surface area contributed by atoms with Gasteiger partial charge in [-0.1, -0.05) is 30.0 Å². The number of rotatable bonds is 4. The Hall–Kier alpha value is -1.92. The zero-order chi connectivity index (χ0) is 19.4. The van der Waals surface area contributed by atoms with E-state index in [1.165, 1.54) is 28.8 Å². The van der Waals surface area contributed by atoms with Gasteiger partial charge in [-0.25, -0.2) is 9.97 Å². The molecule has 144 valence electrons. The van der Waals surface area contributed by atoms with E-state index in [2.05, 4.69) is 32.9 Å². The van der Waals surface area contributed by atoms with Crippen LogP contribution < -0.4 is 4.90 Å². The Bertz CT molecular complexity index is 1090. The van der Waals surface area contributed by atoms with Gasteiger partial charge in [0.15, 0.2) is 0 Å². The molecule has 28 heavy (non-hydrogen) atoms. The van der Waals surface area contributed by atoms with E-state index in [1.54, 1.807) is 23.1 Å². The molecule has 1 unspecified atom stereocenters. The number of thioether (sulfide) groups is 1. The van der Waals surface area contributed by atoms with Crippen LogP contribution in [0, 0.1) is 13.8 Å². The molecule has 6 heteroatoms. The number of thiophene rings is 1.